The number of carbonyl (C=O) groups is 2. The maximum atomic E-state index is 13.9. The molecule has 0 unspecified atom stereocenters. The molecule has 2 rings (SSSR count). The second-order valence-electron chi connectivity index (χ2n) is 7.28. The summed E-state index contributed by atoms with van der Waals surface area (Å²) in [6.07, 6.45) is -0.624. The zero-order chi connectivity index (χ0) is 21.8. The first-order valence-electron chi connectivity index (χ1n) is 8.68. The molecule has 156 valence electrons. The molecule has 3 N–H and O–H groups in total. The summed E-state index contributed by atoms with van der Waals surface area (Å²) in [5.74, 6) is -1.01. The average Bonchev–Trinajstić information content (AvgIpc) is 2.59. The van der Waals surface area contributed by atoms with Crippen molar-refractivity contribution in [3.63, 3.8) is 0 Å². The smallest absolute Gasteiger partial charge is 0.408 e. The number of amides is 2. The van der Waals surface area contributed by atoms with Gasteiger partial charge in [-0.05, 0) is 95.8 Å². The molecular formula is C20H21FI2N2O4. The molecule has 9 heteroatoms. The fourth-order valence-electron chi connectivity index (χ4n) is 2.41. The van der Waals surface area contributed by atoms with E-state index in [-0.39, 0.29) is 17.9 Å². The Morgan fingerprint density at radius 2 is 1.76 bits per heavy atom. The molecule has 0 radical (unpaired) electrons. The Bertz CT molecular complexity index is 893. The molecule has 0 bridgehead atoms. The maximum absolute atomic E-state index is 13.9. The molecule has 2 aromatic rings. The number of benzene rings is 2. The van der Waals surface area contributed by atoms with Crippen molar-refractivity contribution < 1.29 is 23.8 Å². The van der Waals surface area contributed by atoms with Gasteiger partial charge in [-0.2, -0.15) is 0 Å². The minimum Gasteiger partial charge on any atom is -0.506 e. The van der Waals surface area contributed by atoms with E-state index in [0.717, 1.165) is 5.56 Å². The lowest BCUT2D eigenvalue weighted by molar-refractivity contribution is -0.118. The van der Waals surface area contributed by atoms with Crippen LogP contribution in [0.4, 0.5) is 14.9 Å². The van der Waals surface area contributed by atoms with Crippen molar-refractivity contribution in [1.82, 2.24) is 5.32 Å². The van der Waals surface area contributed by atoms with E-state index in [1.807, 2.05) is 45.2 Å². The normalized spacial score (nSPS) is 12.2. The fourth-order valence-corrected chi connectivity index (χ4v) is 4.31. The lowest BCUT2D eigenvalue weighted by Crippen LogP contribution is -2.47. The maximum Gasteiger partial charge on any atom is 0.408 e. The first-order valence-corrected chi connectivity index (χ1v) is 10.8. The molecule has 0 aliphatic heterocycles. The van der Waals surface area contributed by atoms with Gasteiger partial charge in [-0.1, -0.05) is 12.1 Å². The fraction of sp³-hybridized carbons (Fsp3) is 0.300. The summed E-state index contributed by atoms with van der Waals surface area (Å²) in [5, 5.41) is 15.0. The number of nitrogens with one attached hydrogen (secondary N) is 2. The van der Waals surface area contributed by atoms with E-state index in [4.69, 9.17) is 4.74 Å². The van der Waals surface area contributed by atoms with Gasteiger partial charge in [0.25, 0.3) is 0 Å². The first-order chi connectivity index (χ1) is 13.5. The minimum absolute atomic E-state index is 0.0170. The Balaban J connectivity index is 2.26. The van der Waals surface area contributed by atoms with Gasteiger partial charge in [-0.3, -0.25) is 4.79 Å². The van der Waals surface area contributed by atoms with Crippen LogP contribution in [0, 0.1) is 13.0 Å². The highest BCUT2D eigenvalue weighted by Gasteiger charge is 2.26. The predicted octanol–water partition coefficient (Wildman–Crippen LogP) is 4.82. The van der Waals surface area contributed by atoms with Gasteiger partial charge < -0.3 is 20.5 Å². The van der Waals surface area contributed by atoms with E-state index in [9.17, 15) is 19.1 Å². The molecule has 0 aliphatic rings. The summed E-state index contributed by atoms with van der Waals surface area (Å²) >= 11 is 3.98. The van der Waals surface area contributed by atoms with Gasteiger partial charge in [0.15, 0.2) is 0 Å². The van der Waals surface area contributed by atoms with Crippen molar-refractivity contribution in [1.29, 1.82) is 0 Å². The van der Waals surface area contributed by atoms with Crippen LogP contribution in [0.3, 0.4) is 0 Å². The van der Waals surface area contributed by atoms with E-state index >= 15 is 0 Å². The van der Waals surface area contributed by atoms with Crippen molar-refractivity contribution in [3.8, 4) is 5.75 Å². The lowest BCUT2D eigenvalue weighted by Gasteiger charge is -2.23. The molecule has 6 nitrogen and oxygen atoms in total. The third-order valence-corrected chi connectivity index (χ3v) is 5.30. The minimum atomic E-state index is -1.01. The molecule has 0 saturated carbocycles. The molecule has 0 fully saturated rings. The Morgan fingerprint density at radius 3 is 2.31 bits per heavy atom. The Hall–Kier alpha value is -1.63. The van der Waals surface area contributed by atoms with Crippen molar-refractivity contribution in [2.24, 2.45) is 0 Å². The first kappa shape index (κ1) is 23.6. The third-order valence-electron chi connectivity index (χ3n) is 3.66. The summed E-state index contributed by atoms with van der Waals surface area (Å²) < 4.78 is 20.4. The number of anilines is 1. The number of halogens is 3. The molecule has 2 aromatic carbocycles. The lowest BCUT2D eigenvalue weighted by atomic mass is 10.0. The molecular weight excluding hydrogens is 605 g/mol. The topological polar surface area (TPSA) is 87.7 Å². The summed E-state index contributed by atoms with van der Waals surface area (Å²) in [7, 11) is 0. The van der Waals surface area contributed by atoms with Crippen molar-refractivity contribution in [2.75, 3.05) is 5.32 Å². The van der Waals surface area contributed by atoms with Crippen molar-refractivity contribution in [2.45, 2.75) is 38.8 Å². The van der Waals surface area contributed by atoms with Crippen LogP contribution in [-0.4, -0.2) is 28.7 Å². The second kappa shape index (κ2) is 9.92. The molecule has 0 aliphatic carbocycles. The highest BCUT2D eigenvalue weighted by atomic mass is 127. The molecule has 0 heterocycles. The van der Waals surface area contributed by atoms with Crippen LogP contribution in [0.5, 0.6) is 5.75 Å². The van der Waals surface area contributed by atoms with Gasteiger partial charge in [0.1, 0.15) is 23.2 Å². The van der Waals surface area contributed by atoms with Crippen LogP contribution in [0.2, 0.25) is 0 Å². The molecule has 0 spiro atoms. The zero-order valence-electron chi connectivity index (χ0n) is 16.1. The number of ether oxygens (including phenoxy) is 1. The molecule has 2 amide bonds. The number of hydrogen-bond donors (Lipinski definition) is 3. The summed E-state index contributed by atoms with van der Waals surface area (Å²) in [4.78, 5) is 25.0. The number of aromatic hydroxyl groups is 1. The third kappa shape index (κ3) is 7.28. The molecule has 1 atom stereocenters. The van der Waals surface area contributed by atoms with Crippen LogP contribution in [0.15, 0.2) is 36.4 Å². The van der Waals surface area contributed by atoms with Crippen molar-refractivity contribution >= 4 is 62.9 Å². The number of carbonyl (C=O) groups excluding carboxylic acids is 2. The molecule has 0 saturated heterocycles. The van der Waals surface area contributed by atoms with Gasteiger partial charge in [-0.25, -0.2) is 9.18 Å². The van der Waals surface area contributed by atoms with Crippen LogP contribution in [-0.2, 0) is 16.0 Å². The standard InChI is InChI=1S/C20H21FI2N2O4/c1-20(2,3)29-19(28)25-16(10-11-8-13(22)17(26)14(23)9-11)18(27)24-15-7-5-4-6-12(15)21/h4-9,16,26H,10H2,1-3H3,(H,24,27)(H,25,28)/t16-/m1/s1. The second-order valence-corrected chi connectivity index (χ2v) is 9.60. The number of rotatable bonds is 5. The van der Waals surface area contributed by atoms with Gasteiger partial charge in [0.2, 0.25) is 5.91 Å². The van der Waals surface area contributed by atoms with Crippen LogP contribution in [0.25, 0.3) is 0 Å². The van der Waals surface area contributed by atoms with Gasteiger partial charge in [0, 0.05) is 6.42 Å². The van der Waals surface area contributed by atoms with E-state index in [1.165, 1.54) is 18.2 Å². The van der Waals surface area contributed by atoms with E-state index in [0.29, 0.717) is 7.14 Å². The monoisotopic (exact) mass is 626 g/mol. The van der Waals surface area contributed by atoms with E-state index < -0.39 is 29.5 Å². The quantitative estimate of drug-likeness (QED) is 0.416. The Labute approximate surface area is 195 Å². The number of alkyl carbamates (subject to hydrolysis) is 1. The van der Waals surface area contributed by atoms with Crippen LogP contribution >= 0.6 is 45.2 Å². The largest absolute Gasteiger partial charge is 0.506 e. The van der Waals surface area contributed by atoms with E-state index in [1.54, 1.807) is 39.0 Å². The molecule has 29 heavy (non-hydrogen) atoms. The summed E-state index contributed by atoms with van der Waals surface area (Å²) in [6.45, 7) is 5.14. The predicted molar refractivity (Wildman–Crippen MR) is 125 cm³/mol. The Morgan fingerprint density at radius 1 is 1.17 bits per heavy atom. The highest BCUT2D eigenvalue weighted by molar-refractivity contribution is 14.1. The summed E-state index contributed by atoms with van der Waals surface area (Å²) in [6, 6.07) is 8.21. The average molecular weight is 626 g/mol. The zero-order valence-corrected chi connectivity index (χ0v) is 20.4. The number of hydrogen-bond acceptors (Lipinski definition) is 4. The van der Waals surface area contributed by atoms with Gasteiger partial charge in [-0.15, -0.1) is 0 Å². The Kier molecular flexibility index (Phi) is 8.09. The summed E-state index contributed by atoms with van der Waals surface area (Å²) in [5.41, 5.74) is 0.00429. The van der Waals surface area contributed by atoms with Crippen LogP contribution < -0.4 is 10.6 Å². The van der Waals surface area contributed by atoms with Gasteiger partial charge in [0.05, 0.1) is 12.8 Å². The number of phenols is 1. The van der Waals surface area contributed by atoms with E-state index in [2.05, 4.69) is 10.6 Å². The SMILES string of the molecule is CC(C)(C)OC(=O)N[C@H](Cc1cc(I)c(O)c(I)c1)C(=O)Nc1ccccc1F. The number of para-hydroxylation sites is 1. The van der Waals surface area contributed by atoms with Gasteiger partial charge >= 0.3 is 6.09 Å². The molecule has 0 aromatic heterocycles. The van der Waals surface area contributed by atoms with Crippen molar-refractivity contribution in [3.05, 3.63) is 54.9 Å². The number of phenolic OH excluding ortho intramolecular Hbond substituents is 1. The van der Waals surface area contributed by atoms with Crippen LogP contribution in [0.1, 0.15) is 26.3 Å². The highest BCUT2D eigenvalue weighted by Crippen LogP contribution is 2.28.